The van der Waals surface area contributed by atoms with E-state index in [9.17, 15) is 0 Å². The van der Waals surface area contributed by atoms with E-state index in [1.165, 1.54) is 6.54 Å². The van der Waals surface area contributed by atoms with Crippen LogP contribution in [-0.4, -0.2) is 30.7 Å². The molecule has 0 rings (SSSR count). The van der Waals surface area contributed by atoms with Gasteiger partial charge in [0.25, 0.3) is 0 Å². The minimum absolute atomic E-state index is 0. The maximum Gasteiger partial charge on any atom is 0.0903 e. The fraction of sp³-hybridized carbons (Fsp3) is 1.00. The summed E-state index contributed by atoms with van der Waals surface area (Å²) < 4.78 is 1.09. The Morgan fingerprint density at radius 3 is 1.40 bits per heavy atom. The van der Waals surface area contributed by atoms with Crippen LogP contribution in [0.3, 0.4) is 0 Å². The highest BCUT2D eigenvalue weighted by molar-refractivity contribution is 4.58. The summed E-state index contributed by atoms with van der Waals surface area (Å²) >= 11 is 0. The normalized spacial score (nSPS) is 12.6. The van der Waals surface area contributed by atoms with Gasteiger partial charge in [0.2, 0.25) is 0 Å². The Kier molecular flexibility index (Phi) is 5.19. The van der Waals surface area contributed by atoms with Crippen molar-refractivity contribution in [3.05, 3.63) is 0 Å². The van der Waals surface area contributed by atoms with Crippen molar-refractivity contribution in [2.75, 3.05) is 20.6 Å². The van der Waals surface area contributed by atoms with Crippen LogP contribution in [0.1, 0.15) is 27.7 Å². The van der Waals surface area contributed by atoms with E-state index in [0.717, 1.165) is 4.48 Å². The molecule has 2 heteroatoms. The monoisotopic (exact) mass is 257 g/mol. The Morgan fingerprint density at radius 2 is 1.40 bits per heavy atom. The van der Waals surface area contributed by atoms with Gasteiger partial charge in [-0.05, 0) is 27.7 Å². The van der Waals surface area contributed by atoms with Gasteiger partial charge in [-0.25, -0.2) is 0 Å². The lowest BCUT2D eigenvalue weighted by Crippen LogP contribution is -3.00. The second kappa shape index (κ2) is 3.90. The van der Waals surface area contributed by atoms with E-state index < -0.39 is 0 Å². The number of hydrogen-bond donors (Lipinski definition) is 0. The van der Waals surface area contributed by atoms with E-state index in [4.69, 9.17) is 0 Å². The molecular weight excluding hydrogens is 237 g/mol. The molecule has 64 valence electrons. The first kappa shape index (κ1) is 13.3. The van der Waals surface area contributed by atoms with Gasteiger partial charge >= 0.3 is 0 Å². The van der Waals surface area contributed by atoms with Crippen molar-refractivity contribution < 1.29 is 28.5 Å². The quantitative estimate of drug-likeness (QED) is 0.412. The molecule has 0 aromatic rings. The topological polar surface area (TPSA) is 0 Å². The predicted molar refractivity (Wildman–Crippen MR) is 42.4 cm³/mol. The fourth-order valence-corrected chi connectivity index (χ4v) is 0.474. The Balaban J connectivity index is 0. The smallest absolute Gasteiger partial charge is 0.0903 e. The molecule has 0 aromatic heterocycles. The number of halogens is 1. The molecule has 0 unspecified atom stereocenters. The lowest BCUT2D eigenvalue weighted by atomic mass is 10.0. The van der Waals surface area contributed by atoms with Gasteiger partial charge in [0.15, 0.2) is 0 Å². The highest BCUT2D eigenvalue weighted by Crippen LogP contribution is 2.17. The van der Waals surface area contributed by atoms with E-state index >= 15 is 0 Å². The van der Waals surface area contributed by atoms with Crippen molar-refractivity contribution in [1.82, 2.24) is 0 Å². The van der Waals surface area contributed by atoms with Crippen LogP contribution in [0.4, 0.5) is 0 Å². The molecule has 0 bridgehead atoms. The molecule has 0 saturated heterocycles. The third-order valence-electron chi connectivity index (χ3n) is 2.61. The molecule has 1 nitrogen and oxygen atoms in total. The molecule has 0 radical (unpaired) electrons. The number of nitrogens with zero attached hydrogens (tertiary/aromatic N) is 1. The molecule has 0 aliphatic carbocycles. The molecule has 0 saturated carbocycles. The molecular formula is C8H20IN. The maximum atomic E-state index is 2.27. The van der Waals surface area contributed by atoms with E-state index in [-0.39, 0.29) is 24.0 Å². The Hall–Kier alpha value is 0.690. The first-order chi connectivity index (χ1) is 3.81. The Morgan fingerprint density at radius 1 is 1.10 bits per heavy atom. The lowest BCUT2D eigenvalue weighted by molar-refractivity contribution is -0.934. The maximum absolute atomic E-state index is 2.27. The van der Waals surface area contributed by atoms with Crippen LogP contribution < -0.4 is 24.0 Å². The largest absolute Gasteiger partial charge is 1.00 e. The third-order valence-corrected chi connectivity index (χ3v) is 2.61. The average molecular weight is 257 g/mol. The molecule has 0 heterocycles. The first-order valence-electron chi connectivity index (χ1n) is 3.64. The van der Waals surface area contributed by atoms with Crippen LogP contribution in [-0.2, 0) is 0 Å². The highest BCUT2D eigenvalue weighted by Gasteiger charge is 2.28. The summed E-state index contributed by atoms with van der Waals surface area (Å²) in [6.07, 6.45) is 0. The molecule has 0 aliphatic heterocycles. The fourth-order valence-electron chi connectivity index (χ4n) is 0.474. The van der Waals surface area contributed by atoms with E-state index in [0.29, 0.717) is 5.54 Å². The van der Waals surface area contributed by atoms with Crippen LogP contribution in [0.2, 0.25) is 0 Å². The Bertz CT molecular complexity index is 91.9. The zero-order chi connectivity index (χ0) is 7.71. The molecule has 0 aliphatic rings. The molecule has 0 aromatic carbocycles. The van der Waals surface area contributed by atoms with Crippen LogP contribution in [0.25, 0.3) is 0 Å². The van der Waals surface area contributed by atoms with Crippen LogP contribution in [0.15, 0.2) is 0 Å². The van der Waals surface area contributed by atoms with Gasteiger partial charge in [-0.3, -0.25) is 0 Å². The van der Waals surface area contributed by atoms with E-state index in [1.54, 1.807) is 0 Å². The van der Waals surface area contributed by atoms with Crippen molar-refractivity contribution in [3.63, 3.8) is 0 Å². The molecule has 0 amide bonds. The van der Waals surface area contributed by atoms with Crippen molar-refractivity contribution >= 4 is 0 Å². The summed E-state index contributed by atoms with van der Waals surface area (Å²) in [6.45, 7) is 10.2. The van der Waals surface area contributed by atoms with Gasteiger partial charge in [0, 0.05) is 0 Å². The molecule has 0 N–H and O–H groups in total. The van der Waals surface area contributed by atoms with Crippen molar-refractivity contribution in [2.24, 2.45) is 0 Å². The standard InChI is InChI=1S/C8H20N.HI/c1-7-9(5,6)8(2,3)4;/h7H2,1-6H3;1H/q+1;/p-1. The van der Waals surface area contributed by atoms with Gasteiger partial charge in [0.05, 0.1) is 26.2 Å². The summed E-state index contributed by atoms with van der Waals surface area (Å²) in [4.78, 5) is 0. The SMILES string of the molecule is CC[N+](C)(C)C(C)(C)C.[I-]. The number of hydrogen-bond acceptors (Lipinski definition) is 0. The Labute approximate surface area is 82.4 Å². The zero-order valence-electron chi connectivity index (χ0n) is 8.03. The molecule has 0 spiro atoms. The molecule has 0 fully saturated rings. The number of rotatable bonds is 1. The lowest BCUT2D eigenvalue weighted by Gasteiger charge is -2.41. The number of quaternary nitrogens is 1. The summed E-state index contributed by atoms with van der Waals surface area (Å²) in [6, 6.07) is 0. The van der Waals surface area contributed by atoms with Crippen LogP contribution in [0.5, 0.6) is 0 Å². The summed E-state index contributed by atoms with van der Waals surface area (Å²) in [5.41, 5.74) is 0.384. The van der Waals surface area contributed by atoms with Crippen LogP contribution in [0, 0.1) is 0 Å². The summed E-state index contributed by atoms with van der Waals surface area (Å²) in [7, 11) is 4.53. The zero-order valence-corrected chi connectivity index (χ0v) is 10.2. The van der Waals surface area contributed by atoms with Crippen molar-refractivity contribution in [3.8, 4) is 0 Å². The van der Waals surface area contributed by atoms with Gasteiger partial charge in [-0.2, -0.15) is 0 Å². The minimum atomic E-state index is 0. The van der Waals surface area contributed by atoms with Crippen LogP contribution >= 0.6 is 0 Å². The van der Waals surface area contributed by atoms with Crippen molar-refractivity contribution in [1.29, 1.82) is 0 Å². The highest BCUT2D eigenvalue weighted by atomic mass is 127. The second-order valence-corrected chi connectivity index (χ2v) is 4.17. The van der Waals surface area contributed by atoms with E-state index in [2.05, 4.69) is 41.8 Å². The van der Waals surface area contributed by atoms with Gasteiger partial charge < -0.3 is 28.5 Å². The van der Waals surface area contributed by atoms with Gasteiger partial charge in [-0.15, -0.1) is 0 Å². The third kappa shape index (κ3) is 3.19. The summed E-state index contributed by atoms with van der Waals surface area (Å²) in [5, 5.41) is 0. The predicted octanol–water partition coefficient (Wildman–Crippen LogP) is -1.11. The van der Waals surface area contributed by atoms with Gasteiger partial charge in [0.1, 0.15) is 0 Å². The van der Waals surface area contributed by atoms with E-state index in [1.807, 2.05) is 0 Å². The van der Waals surface area contributed by atoms with Gasteiger partial charge in [-0.1, -0.05) is 0 Å². The minimum Gasteiger partial charge on any atom is -1.00 e. The average Bonchev–Trinajstić information content (AvgIpc) is 1.64. The second-order valence-electron chi connectivity index (χ2n) is 4.17. The first-order valence-corrected chi connectivity index (χ1v) is 3.64. The molecule has 0 atom stereocenters. The summed E-state index contributed by atoms with van der Waals surface area (Å²) in [5.74, 6) is 0. The molecule has 10 heavy (non-hydrogen) atoms. The van der Waals surface area contributed by atoms with Crippen molar-refractivity contribution in [2.45, 2.75) is 33.2 Å².